The molecule has 0 saturated carbocycles. The van der Waals surface area contributed by atoms with Gasteiger partial charge in [-0.15, -0.1) is 0 Å². The molecule has 0 aromatic carbocycles. The van der Waals surface area contributed by atoms with Gasteiger partial charge in [0.05, 0.1) is 13.1 Å². The van der Waals surface area contributed by atoms with Crippen molar-refractivity contribution in [1.29, 1.82) is 0 Å². The van der Waals surface area contributed by atoms with E-state index < -0.39 is 0 Å². The highest BCUT2D eigenvalue weighted by atomic mass is 15.3. The molecule has 0 spiro atoms. The van der Waals surface area contributed by atoms with E-state index in [0.717, 1.165) is 37.7 Å². The van der Waals surface area contributed by atoms with Gasteiger partial charge in [-0.2, -0.15) is 5.10 Å². The minimum atomic E-state index is 0.643. The van der Waals surface area contributed by atoms with Crippen LogP contribution in [0.5, 0.6) is 0 Å². The number of rotatable bonds is 7. The summed E-state index contributed by atoms with van der Waals surface area (Å²) in [5.74, 6) is 2.69. The first kappa shape index (κ1) is 13.7. The predicted molar refractivity (Wildman–Crippen MR) is 73.5 cm³/mol. The monoisotopic (exact) mass is 262 g/mol. The lowest BCUT2D eigenvalue weighted by molar-refractivity contribution is 0.506. The normalized spacial score (nSPS) is 11.4. The van der Waals surface area contributed by atoms with Crippen molar-refractivity contribution < 1.29 is 0 Å². The summed E-state index contributed by atoms with van der Waals surface area (Å²) >= 11 is 0. The molecule has 0 aliphatic heterocycles. The minimum Gasteiger partial charge on any atom is -0.338 e. The van der Waals surface area contributed by atoms with Crippen molar-refractivity contribution in [1.82, 2.24) is 29.6 Å². The molecule has 2 rings (SSSR count). The average Bonchev–Trinajstić information content (AvgIpc) is 2.95. The van der Waals surface area contributed by atoms with Gasteiger partial charge in [0.15, 0.2) is 0 Å². The Hall–Kier alpha value is -1.69. The van der Waals surface area contributed by atoms with Gasteiger partial charge >= 0.3 is 0 Å². The van der Waals surface area contributed by atoms with Gasteiger partial charge in [0.1, 0.15) is 18.0 Å². The molecule has 2 aromatic rings. The first-order valence-corrected chi connectivity index (χ1v) is 6.70. The van der Waals surface area contributed by atoms with Crippen molar-refractivity contribution in [3.8, 4) is 0 Å². The van der Waals surface area contributed by atoms with Crippen LogP contribution in [-0.4, -0.2) is 30.9 Å². The van der Waals surface area contributed by atoms with E-state index in [1.165, 1.54) is 0 Å². The van der Waals surface area contributed by atoms with Crippen LogP contribution in [0.2, 0.25) is 0 Å². The van der Waals surface area contributed by atoms with Crippen LogP contribution in [0.4, 0.5) is 0 Å². The molecule has 19 heavy (non-hydrogen) atoms. The quantitative estimate of drug-likeness (QED) is 0.808. The van der Waals surface area contributed by atoms with E-state index in [9.17, 15) is 0 Å². The van der Waals surface area contributed by atoms with Gasteiger partial charge in [-0.1, -0.05) is 13.8 Å². The van der Waals surface area contributed by atoms with Crippen molar-refractivity contribution in [3.63, 3.8) is 0 Å². The topological polar surface area (TPSA) is 60.6 Å². The third kappa shape index (κ3) is 3.89. The third-order valence-electron chi connectivity index (χ3n) is 3.00. The standard InChI is InChI=1S/C13H22N6/c1-11(2)8-14-9-13-16-10-17-19(13)6-4-12-15-5-7-18(12)3/h5,7,10-11,14H,4,6,8-9H2,1-3H3. The number of aryl methyl sites for hydroxylation is 3. The molecule has 0 fully saturated rings. The summed E-state index contributed by atoms with van der Waals surface area (Å²) in [4.78, 5) is 8.61. The molecular formula is C13H22N6. The second-order valence-electron chi connectivity index (χ2n) is 5.13. The molecular weight excluding hydrogens is 240 g/mol. The van der Waals surface area contributed by atoms with Crippen LogP contribution < -0.4 is 5.32 Å². The fourth-order valence-corrected chi connectivity index (χ4v) is 1.93. The van der Waals surface area contributed by atoms with Crippen molar-refractivity contribution in [2.75, 3.05) is 6.54 Å². The van der Waals surface area contributed by atoms with Crippen LogP contribution in [0.3, 0.4) is 0 Å². The summed E-state index contributed by atoms with van der Waals surface area (Å²) in [5, 5.41) is 7.66. The van der Waals surface area contributed by atoms with Crippen LogP contribution in [0.15, 0.2) is 18.7 Å². The number of hydrogen-bond acceptors (Lipinski definition) is 4. The summed E-state index contributed by atoms with van der Waals surface area (Å²) in [6.07, 6.45) is 6.26. The fourth-order valence-electron chi connectivity index (χ4n) is 1.93. The summed E-state index contributed by atoms with van der Waals surface area (Å²) < 4.78 is 3.98. The van der Waals surface area contributed by atoms with E-state index in [4.69, 9.17) is 0 Å². The van der Waals surface area contributed by atoms with Gasteiger partial charge in [-0.05, 0) is 12.5 Å². The van der Waals surface area contributed by atoms with Crippen LogP contribution in [-0.2, 0) is 26.6 Å². The first-order valence-electron chi connectivity index (χ1n) is 6.70. The molecule has 6 nitrogen and oxygen atoms in total. The number of nitrogens with zero attached hydrogens (tertiary/aromatic N) is 5. The summed E-state index contributed by atoms with van der Waals surface area (Å²) in [5.41, 5.74) is 0. The van der Waals surface area contributed by atoms with Crippen LogP contribution in [0.1, 0.15) is 25.5 Å². The van der Waals surface area contributed by atoms with Crippen molar-refractivity contribution in [2.45, 2.75) is 33.4 Å². The van der Waals surface area contributed by atoms with Crippen LogP contribution in [0, 0.1) is 5.92 Å². The Morgan fingerprint density at radius 3 is 2.79 bits per heavy atom. The lowest BCUT2D eigenvalue weighted by Crippen LogP contribution is -2.22. The van der Waals surface area contributed by atoms with Gasteiger partial charge in [0.2, 0.25) is 0 Å². The molecule has 0 aliphatic carbocycles. The Kier molecular flexibility index (Phi) is 4.68. The fraction of sp³-hybridized carbons (Fsp3) is 0.615. The first-order chi connectivity index (χ1) is 9.16. The SMILES string of the molecule is CC(C)CNCc1ncnn1CCc1nccn1C. The lowest BCUT2D eigenvalue weighted by Gasteiger charge is -2.09. The van der Waals surface area contributed by atoms with Crippen molar-refractivity contribution in [3.05, 3.63) is 30.4 Å². The molecule has 0 unspecified atom stereocenters. The van der Waals surface area contributed by atoms with E-state index in [0.29, 0.717) is 5.92 Å². The van der Waals surface area contributed by atoms with E-state index in [1.807, 2.05) is 28.7 Å². The highest BCUT2D eigenvalue weighted by Crippen LogP contribution is 2.00. The largest absolute Gasteiger partial charge is 0.338 e. The summed E-state index contributed by atoms with van der Waals surface area (Å²) in [6.45, 7) is 6.95. The Morgan fingerprint density at radius 1 is 1.26 bits per heavy atom. The molecule has 6 heteroatoms. The van der Waals surface area contributed by atoms with Gasteiger partial charge in [-0.3, -0.25) is 0 Å². The average molecular weight is 262 g/mol. The van der Waals surface area contributed by atoms with E-state index >= 15 is 0 Å². The third-order valence-corrected chi connectivity index (χ3v) is 3.00. The lowest BCUT2D eigenvalue weighted by atomic mass is 10.2. The second kappa shape index (κ2) is 6.47. The maximum atomic E-state index is 4.32. The van der Waals surface area contributed by atoms with E-state index in [-0.39, 0.29) is 0 Å². The minimum absolute atomic E-state index is 0.643. The van der Waals surface area contributed by atoms with Gasteiger partial charge in [0.25, 0.3) is 0 Å². The van der Waals surface area contributed by atoms with Gasteiger partial charge < -0.3 is 9.88 Å². The Balaban J connectivity index is 1.87. The maximum Gasteiger partial charge on any atom is 0.140 e. The molecule has 2 heterocycles. The van der Waals surface area contributed by atoms with Crippen molar-refractivity contribution in [2.24, 2.45) is 13.0 Å². The molecule has 0 atom stereocenters. The molecule has 104 valence electrons. The molecule has 0 saturated heterocycles. The zero-order valence-electron chi connectivity index (χ0n) is 11.9. The Labute approximate surface area is 113 Å². The smallest absolute Gasteiger partial charge is 0.140 e. The number of nitrogens with one attached hydrogen (secondary N) is 1. The van der Waals surface area contributed by atoms with Crippen LogP contribution >= 0.6 is 0 Å². The molecule has 2 aromatic heterocycles. The number of imidazole rings is 1. The Bertz CT molecular complexity index is 499. The summed E-state index contributed by atoms with van der Waals surface area (Å²) in [6, 6.07) is 0. The molecule has 0 amide bonds. The van der Waals surface area contributed by atoms with Gasteiger partial charge in [-0.25, -0.2) is 14.6 Å². The van der Waals surface area contributed by atoms with E-state index in [2.05, 4.69) is 34.2 Å². The van der Waals surface area contributed by atoms with Gasteiger partial charge in [0, 0.05) is 25.9 Å². The van der Waals surface area contributed by atoms with Crippen molar-refractivity contribution >= 4 is 0 Å². The number of aromatic nitrogens is 5. The molecule has 0 aliphatic rings. The highest BCUT2D eigenvalue weighted by molar-refractivity contribution is 4.92. The summed E-state index contributed by atoms with van der Waals surface area (Å²) in [7, 11) is 2.01. The second-order valence-corrected chi connectivity index (χ2v) is 5.13. The van der Waals surface area contributed by atoms with Crippen LogP contribution in [0.25, 0.3) is 0 Å². The molecule has 0 bridgehead atoms. The predicted octanol–water partition coefficient (Wildman–Crippen LogP) is 1.000. The zero-order valence-corrected chi connectivity index (χ0v) is 11.9. The maximum absolute atomic E-state index is 4.32. The van der Waals surface area contributed by atoms with E-state index in [1.54, 1.807) is 6.33 Å². The number of hydrogen-bond donors (Lipinski definition) is 1. The molecule has 0 radical (unpaired) electrons. The Morgan fingerprint density at radius 2 is 2.11 bits per heavy atom. The highest BCUT2D eigenvalue weighted by Gasteiger charge is 2.06. The zero-order chi connectivity index (χ0) is 13.7. The molecule has 1 N–H and O–H groups in total.